The smallest absolute Gasteiger partial charge is 0.119 e. The Morgan fingerprint density at radius 3 is 2.02 bits per heavy atom. The van der Waals surface area contributed by atoms with Gasteiger partial charge >= 0.3 is 0 Å². The number of thioether (sulfide) groups is 1. The average Bonchev–Trinajstić information content (AvgIpc) is 3.32. The highest BCUT2D eigenvalue weighted by Gasteiger charge is 2.37. The molecule has 4 heterocycles. The molecule has 3 fully saturated rings. The molecule has 2 aromatic carbocycles. The molecule has 0 aliphatic carbocycles. The number of rotatable bonds is 12. The summed E-state index contributed by atoms with van der Waals surface area (Å²) in [4.78, 5) is 6.35. The Morgan fingerprint density at radius 2 is 1.48 bits per heavy atom. The number of piperazine rings is 3. The van der Waals surface area contributed by atoms with Gasteiger partial charge in [-0.2, -0.15) is 0 Å². The lowest BCUT2D eigenvalue weighted by atomic mass is 9.75. The number of benzene rings is 2. The minimum atomic E-state index is 0.577. The van der Waals surface area contributed by atoms with E-state index in [1.54, 1.807) is 5.56 Å². The third kappa shape index (κ3) is 13.9. The molecule has 4 aliphatic rings. The second kappa shape index (κ2) is 24.0. The van der Waals surface area contributed by atoms with Crippen molar-refractivity contribution in [3.8, 4) is 18.6 Å². The molecular formula is C40H68N3O2S+. The number of anilines is 1. The third-order valence-corrected chi connectivity index (χ3v) is 11.1. The summed E-state index contributed by atoms with van der Waals surface area (Å²) < 4.78 is 7.12. The summed E-state index contributed by atoms with van der Waals surface area (Å²) in [6, 6.07) is 17.2. The lowest BCUT2D eigenvalue weighted by Gasteiger charge is -2.50. The molecule has 5 nitrogen and oxygen atoms in total. The summed E-state index contributed by atoms with van der Waals surface area (Å²) in [5, 5.41) is 7.00. The standard InChI is InChI=1S/C20H33NS.C15H23N2O.C2H6.C2H2.CH4O/c1-5-7-12-20(13-8-6-2)14-11-17-15-18(21(3)4)9-10-19(17)22-16-20;1-2-5-15(6-3-1)18-14-4-10-17-11-7-16(8-12-17)9-13-17;3*1-2/h9-10,15H,5-8,11-14,16H2,1-4H3;1-3,5-6H,4,7-14H2;1-2H3;1-2H;2H,1H3/q;+1;;;. The molecule has 260 valence electrons. The monoisotopic (exact) mass is 655 g/mol. The van der Waals surface area contributed by atoms with Crippen molar-refractivity contribution < 1.29 is 14.3 Å². The van der Waals surface area contributed by atoms with Crippen LogP contribution in [0.25, 0.3) is 0 Å². The van der Waals surface area contributed by atoms with Gasteiger partial charge in [0.25, 0.3) is 0 Å². The van der Waals surface area contributed by atoms with Crippen LogP contribution < -0.4 is 9.64 Å². The first kappa shape index (κ1) is 41.9. The molecule has 0 unspecified atom stereocenters. The minimum absolute atomic E-state index is 0.577. The number of aryl methyl sites for hydroxylation is 1. The fraction of sp³-hybridized carbons (Fsp3) is 0.650. The molecular weight excluding hydrogens is 587 g/mol. The van der Waals surface area contributed by atoms with Gasteiger partial charge in [-0.15, -0.1) is 24.6 Å². The van der Waals surface area contributed by atoms with Crippen LogP contribution in [0, 0.1) is 18.3 Å². The van der Waals surface area contributed by atoms with Crippen molar-refractivity contribution in [3.05, 3.63) is 54.1 Å². The largest absolute Gasteiger partial charge is 0.493 e. The molecule has 0 radical (unpaired) electrons. The summed E-state index contributed by atoms with van der Waals surface area (Å²) in [5.41, 5.74) is 3.49. The molecule has 2 bridgehead atoms. The molecule has 46 heavy (non-hydrogen) atoms. The fourth-order valence-electron chi connectivity index (χ4n) is 6.68. The highest BCUT2D eigenvalue weighted by Crippen LogP contribution is 2.45. The molecule has 6 rings (SSSR count). The Morgan fingerprint density at radius 1 is 0.891 bits per heavy atom. The van der Waals surface area contributed by atoms with E-state index in [1.807, 2.05) is 44.2 Å². The molecule has 0 aromatic heterocycles. The topological polar surface area (TPSA) is 35.9 Å². The average molecular weight is 655 g/mol. The van der Waals surface area contributed by atoms with Gasteiger partial charge in [0.1, 0.15) is 5.75 Å². The van der Waals surface area contributed by atoms with E-state index in [0.717, 1.165) is 19.5 Å². The molecule has 0 spiro atoms. The zero-order valence-corrected chi connectivity index (χ0v) is 31.4. The normalized spacial score (nSPS) is 20.3. The van der Waals surface area contributed by atoms with Crippen LogP contribution in [0.4, 0.5) is 5.69 Å². The maximum atomic E-state index is 7.00. The molecule has 4 aliphatic heterocycles. The van der Waals surface area contributed by atoms with Crippen molar-refractivity contribution in [2.75, 3.05) is 84.3 Å². The highest BCUT2D eigenvalue weighted by atomic mass is 32.2. The van der Waals surface area contributed by atoms with Crippen molar-refractivity contribution in [2.45, 2.75) is 90.4 Å². The third-order valence-electron chi connectivity index (χ3n) is 9.60. The lowest BCUT2D eigenvalue weighted by Crippen LogP contribution is -2.67. The molecule has 3 saturated heterocycles. The number of terminal acetylenes is 1. The minimum Gasteiger partial charge on any atom is -0.493 e. The number of fused-ring (bicyclic) bond motifs is 4. The number of nitrogens with zero attached hydrogens (tertiary/aromatic N) is 3. The van der Waals surface area contributed by atoms with Crippen LogP contribution in [0.1, 0.15) is 84.6 Å². The van der Waals surface area contributed by atoms with Crippen LogP contribution in [-0.2, 0) is 6.42 Å². The summed E-state index contributed by atoms with van der Waals surface area (Å²) in [7, 11) is 5.27. The van der Waals surface area contributed by atoms with Crippen molar-refractivity contribution in [1.82, 2.24) is 4.90 Å². The molecule has 2 aromatic rings. The van der Waals surface area contributed by atoms with Crippen molar-refractivity contribution in [2.24, 2.45) is 5.41 Å². The predicted molar refractivity (Wildman–Crippen MR) is 203 cm³/mol. The number of hydrogen-bond donors (Lipinski definition) is 1. The number of para-hydroxylation sites is 1. The van der Waals surface area contributed by atoms with E-state index >= 15 is 0 Å². The van der Waals surface area contributed by atoms with Crippen molar-refractivity contribution in [3.63, 3.8) is 0 Å². The number of quaternary nitrogens is 1. The molecule has 0 amide bonds. The van der Waals surface area contributed by atoms with E-state index in [2.05, 4.69) is 80.6 Å². The first-order valence-electron chi connectivity index (χ1n) is 17.9. The van der Waals surface area contributed by atoms with Crippen LogP contribution in [-0.4, -0.2) is 93.9 Å². The Kier molecular flexibility index (Phi) is 21.9. The Hall–Kier alpha value is -2.17. The zero-order valence-electron chi connectivity index (χ0n) is 30.6. The number of unbranched alkanes of at least 4 members (excludes halogenated alkanes) is 2. The van der Waals surface area contributed by atoms with Crippen LogP contribution in [0.3, 0.4) is 0 Å². The molecule has 0 saturated carbocycles. The zero-order chi connectivity index (χ0) is 34.3. The molecule has 6 heteroatoms. The van der Waals surface area contributed by atoms with Gasteiger partial charge in [0.2, 0.25) is 0 Å². The predicted octanol–water partition coefficient (Wildman–Crippen LogP) is 8.64. The number of hydrogen-bond acceptors (Lipinski definition) is 5. The molecule has 1 N–H and O–H groups in total. The van der Waals surface area contributed by atoms with Crippen molar-refractivity contribution >= 4 is 17.4 Å². The van der Waals surface area contributed by atoms with Gasteiger partial charge in [0.15, 0.2) is 0 Å². The van der Waals surface area contributed by atoms with Gasteiger partial charge in [-0.05, 0) is 67.0 Å². The number of aliphatic hydroxyl groups is 1. The van der Waals surface area contributed by atoms with E-state index in [9.17, 15) is 0 Å². The second-order valence-corrected chi connectivity index (χ2v) is 13.8. The Labute approximate surface area is 288 Å². The van der Waals surface area contributed by atoms with Crippen LogP contribution in [0.5, 0.6) is 5.75 Å². The number of ether oxygens (including phenoxy) is 1. The Bertz CT molecular complexity index is 1030. The van der Waals surface area contributed by atoms with Crippen LogP contribution in [0.2, 0.25) is 0 Å². The maximum Gasteiger partial charge on any atom is 0.119 e. The lowest BCUT2D eigenvalue weighted by molar-refractivity contribution is -0.941. The summed E-state index contributed by atoms with van der Waals surface area (Å²) in [5.74, 6) is 2.32. The van der Waals surface area contributed by atoms with E-state index in [-0.39, 0.29) is 0 Å². The van der Waals surface area contributed by atoms with Gasteiger partial charge in [-0.3, -0.25) is 4.90 Å². The van der Waals surface area contributed by atoms with Crippen molar-refractivity contribution in [1.29, 1.82) is 0 Å². The van der Waals surface area contributed by atoms with Gasteiger partial charge in [-0.25, -0.2) is 0 Å². The summed E-state index contributed by atoms with van der Waals surface area (Å²) >= 11 is 2.12. The first-order chi connectivity index (χ1) is 22.5. The van der Waals surface area contributed by atoms with Crippen LogP contribution in [0.15, 0.2) is 53.4 Å². The summed E-state index contributed by atoms with van der Waals surface area (Å²) in [6.45, 7) is 18.8. The highest BCUT2D eigenvalue weighted by molar-refractivity contribution is 7.99. The molecule has 0 atom stereocenters. The van der Waals surface area contributed by atoms with Gasteiger partial charge in [0, 0.05) is 63.6 Å². The van der Waals surface area contributed by atoms with Gasteiger partial charge in [-0.1, -0.05) is 71.6 Å². The Balaban J connectivity index is 0.000000400. The summed E-state index contributed by atoms with van der Waals surface area (Å²) in [6.07, 6.45) is 20.1. The van der Waals surface area contributed by atoms with E-state index in [4.69, 9.17) is 9.84 Å². The maximum absolute atomic E-state index is 7.00. The quantitative estimate of drug-likeness (QED) is 0.141. The van der Waals surface area contributed by atoms with Crippen LogP contribution >= 0.6 is 11.8 Å². The van der Waals surface area contributed by atoms with E-state index < -0.39 is 0 Å². The van der Waals surface area contributed by atoms with E-state index in [0.29, 0.717) is 5.41 Å². The SMILES string of the molecule is C#C.CC.CCCCC1(CCCC)CCc2cc(N(C)C)ccc2SC1.CO.c1ccc(OCCC[N+]23CCN(CC2)CC3)cc1. The van der Waals surface area contributed by atoms with E-state index in [1.165, 1.54) is 124 Å². The first-order valence-corrected chi connectivity index (χ1v) is 18.9. The fourth-order valence-corrected chi connectivity index (χ4v) is 8.08. The second-order valence-electron chi connectivity index (χ2n) is 12.8. The van der Waals surface area contributed by atoms with Gasteiger partial charge < -0.3 is 19.2 Å². The van der Waals surface area contributed by atoms with Gasteiger partial charge in [0.05, 0.1) is 32.8 Å². The number of aliphatic hydroxyl groups excluding tert-OH is 1.